The standard InChI is InChI=1S/C21H45N3/c1-3-5-7-8-9-10-11-12-13-14-15-16-17-18-20-24(21(22)23)19-6-4-2/h3-20H2,1-2H3,(H3,22,23). The Kier molecular flexibility index (Phi) is 18.0. The molecule has 0 aromatic carbocycles. The maximum absolute atomic E-state index is 7.61. The largest absolute Gasteiger partial charge is 0.370 e. The van der Waals surface area contributed by atoms with Crippen LogP contribution in [0, 0.1) is 5.41 Å². The van der Waals surface area contributed by atoms with Gasteiger partial charge in [-0.05, 0) is 12.8 Å². The predicted molar refractivity (Wildman–Crippen MR) is 109 cm³/mol. The summed E-state index contributed by atoms with van der Waals surface area (Å²) in [4.78, 5) is 2.03. The van der Waals surface area contributed by atoms with Gasteiger partial charge in [-0.25, -0.2) is 0 Å². The smallest absolute Gasteiger partial charge is 0.188 e. The summed E-state index contributed by atoms with van der Waals surface area (Å²) in [7, 11) is 0. The summed E-state index contributed by atoms with van der Waals surface area (Å²) in [5, 5.41) is 7.61. The molecule has 0 radical (unpaired) electrons. The van der Waals surface area contributed by atoms with Crippen molar-refractivity contribution in [2.45, 2.75) is 117 Å². The molecular formula is C21H45N3. The number of nitrogens with zero attached hydrogens (tertiary/aromatic N) is 1. The summed E-state index contributed by atoms with van der Waals surface area (Å²) in [6.07, 6.45) is 21.8. The lowest BCUT2D eigenvalue weighted by Crippen LogP contribution is -2.37. The lowest BCUT2D eigenvalue weighted by Gasteiger charge is -2.22. The van der Waals surface area contributed by atoms with Gasteiger partial charge in [0.05, 0.1) is 0 Å². The monoisotopic (exact) mass is 339 g/mol. The summed E-state index contributed by atoms with van der Waals surface area (Å²) in [6.45, 7) is 6.38. The Morgan fingerprint density at radius 2 is 0.917 bits per heavy atom. The molecule has 0 aromatic rings. The van der Waals surface area contributed by atoms with E-state index >= 15 is 0 Å². The van der Waals surface area contributed by atoms with Crippen LogP contribution in [0.3, 0.4) is 0 Å². The van der Waals surface area contributed by atoms with Crippen LogP contribution in [0.2, 0.25) is 0 Å². The van der Waals surface area contributed by atoms with E-state index in [1.807, 2.05) is 4.90 Å². The van der Waals surface area contributed by atoms with Crippen LogP contribution in [0.1, 0.15) is 117 Å². The normalized spacial score (nSPS) is 10.9. The molecule has 0 bridgehead atoms. The molecule has 0 atom stereocenters. The van der Waals surface area contributed by atoms with E-state index in [4.69, 9.17) is 11.1 Å². The fraction of sp³-hybridized carbons (Fsp3) is 0.952. The van der Waals surface area contributed by atoms with Gasteiger partial charge in [0, 0.05) is 13.1 Å². The summed E-state index contributed by atoms with van der Waals surface area (Å²) in [5.41, 5.74) is 5.64. The summed E-state index contributed by atoms with van der Waals surface area (Å²) >= 11 is 0. The Balaban J connectivity index is 3.25. The molecule has 3 heteroatoms. The highest BCUT2D eigenvalue weighted by atomic mass is 15.2. The highest BCUT2D eigenvalue weighted by Gasteiger charge is 2.04. The second-order valence-corrected chi connectivity index (χ2v) is 7.32. The molecule has 0 aromatic heterocycles. The molecule has 0 spiro atoms. The SMILES string of the molecule is CCCCCCCCCCCCCCCCN(CCCC)C(=N)N. The van der Waals surface area contributed by atoms with Gasteiger partial charge in [-0.15, -0.1) is 0 Å². The zero-order valence-electron chi connectivity index (χ0n) is 16.8. The first-order chi connectivity index (χ1) is 11.7. The van der Waals surface area contributed by atoms with Crippen molar-refractivity contribution >= 4 is 5.96 Å². The van der Waals surface area contributed by atoms with Crippen molar-refractivity contribution in [2.75, 3.05) is 13.1 Å². The van der Waals surface area contributed by atoms with Crippen molar-refractivity contribution in [1.29, 1.82) is 5.41 Å². The Morgan fingerprint density at radius 3 is 1.29 bits per heavy atom. The fourth-order valence-electron chi connectivity index (χ4n) is 3.20. The molecule has 0 heterocycles. The maximum Gasteiger partial charge on any atom is 0.188 e. The molecule has 144 valence electrons. The third-order valence-corrected chi connectivity index (χ3v) is 4.90. The van der Waals surface area contributed by atoms with Crippen LogP contribution >= 0.6 is 0 Å². The molecule has 0 fully saturated rings. The molecule has 0 aliphatic carbocycles. The predicted octanol–water partition coefficient (Wildman–Crippen LogP) is 6.46. The molecule has 3 nitrogen and oxygen atoms in total. The van der Waals surface area contributed by atoms with E-state index in [-0.39, 0.29) is 5.96 Å². The van der Waals surface area contributed by atoms with E-state index in [2.05, 4.69) is 13.8 Å². The summed E-state index contributed by atoms with van der Waals surface area (Å²) in [5.74, 6) is 0.248. The van der Waals surface area contributed by atoms with Gasteiger partial charge in [0.2, 0.25) is 0 Å². The first-order valence-electron chi connectivity index (χ1n) is 10.8. The molecule has 0 rings (SSSR count). The number of nitrogens with one attached hydrogen (secondary N) is 1. The van der Waals surface area contributed by atoms with Crippen molar-refractivity contribution in [3.05, 3.63) is 0 Å². The zero-order chi connectivity index (χ0) is 17.9. The van der Waals surface area contributed by atoms with E-state index in [1.165, 1.54) is 96.3 Å². The third-order valence-electron chi connectivity index (χ3n) is 4.90. The maximum atomic E-state index is 7.61. The minimum Gasteiger partial charge on any atom is -0.370 e. The Labute approximate surface area is 152 Å². The minimum absolute atomic E-state index is 0.248. The van der Waals surface area contributed by atoms with Crippen molar-refractivity contribution in [2.24, 2.45) is 5.73 Å². The zero-order valence-corrected chi connectivity index (χ0v) is 16.8. The van der Waals surface area contributed by atoms with Gasteiger partial charge in [-0.1, -0.05) is 104 Å². The highest BCUT2D eigenvalue weighted by molar-refractivity contribution is 5.74. The number of rotatable bonds is 18. The number of nitrogens with two attached hydrogens (primary N) is 1. The van der Waals surface area contributed by atoms with Gasteiger partial charge in [0.1, 0.15) is 0 Å². The second kappa shape index (κ2) is 18.6. The highest BCUT2D eigenvalue weighted by Crippen LogP contribution is 2.13. The van der Waals surface area contributed by atoms with Gasteiger partial charge < -0.3 is 10.6 Å². The van der Waals surface area contributed by atoms with E-state index in [0.29, 0.717) is 0 Å². The van der Waals surface area contributed by atoms with Crippen LogP contribution in [-0.2, 0) is 0 Å². The lowest BCUT2D eigenvalue weighted by atomic mass is 10.0. The van der Waals surface area contributed by atoms with Crippen molar-refractivity contribution in [1.82, 2.24) is 4.90 Å². The fourth-order valence-corrected chi connectivity index (χ4v) is 3.20. The quantitative estimate of drug-likeness (QED) is 0.171. The Hall–Kier alpha value is -0.730. The van der Waals surface area contributed by atoms with E-state index in [0.717, 1.165) is 19.5 Å². The first kappa shape index (κ1) is 23.3. The molecule has 0 amide bonds. The van der Waals surface area contributed by atoms with Crippen molar-refractivity contribution in [3.8, 4) is 0 Å². The molecule has 0 saturated heterocycles. The first-order valence-corrected chi connectivity index (χ1v) is 10.8. The Bertz CT molecular complexity index is 266. The van der Waals surface area contributed by atoms with Gasteiger partial charge in [-0.3, -0.25) is 5.41 Å². The Morgan fingerprint density at radius 1 is 0.583 bits per heavy atom. The van der Waals surface area contributed by atoms with Crippen LogP contribution in [0.15, 0.2) is 0 Å². The molecule has 24 heavy (non-hydrogen) atoms. The van der Waals surface area contributed by atoms with Gasteiger partial charge in [-0.2, -0.15) is 0 Å². The molecular weight excluding hydrogens is 294 g/mol. The van der Waals surface area contributed by atoms with Crippen molar-refractivity contribution < 1.29 is 0 Å². The van der Waals surface area contributed by atoms with Gasteiger partial charge in [0.15, 0.2) is 5.96 Å². The topological polar surface area (TPSA) is 53.1 Å². The number of guanidine groups is 1. The van der Waals surface area contributed by atoms with Crippen molar-refractivity contribution in [3.63, 3.8) is 0 Å². The molecule has 0 saturated carbocycles. The molecule has 0 aliphatic heterocycles. The average Bonchev–Trinajstić information content (AvgIpc) is 2.57. The lowest BCUT2D eigenvalue weighted by molar-refractivity contribution is 0.384. The second-order valence-electron chi connectivity index (χ2n) is 7.32. The minimum atomic E-state index is 0.248. The van der Waals surface area contributed by atoms with Gasteiger partial charge >= 0.3 is 0 Å². The summed E-state index contributed by atoms with van der Waals surface area (Å²) < 4.78 is 0. The van der Waals surface area contributed by atoms with Crippen LogP contribution < -0.4 is 5.73 Å². The average molecular weight is 340 g/mol. The van der Waals surface area contributed by atoms with E-state index in [9.17, 15) is 0 Å². The van der Waals surface area contributed by atoms with E-state index < -0.39 is 0 Å². The van der Waals surface area contributed by atoms with Crippen LogP contribution in [-0.4, -0.2) is 23.9 Å². The number of unbranched alkanes of at least 4 members (excludes halogenated alkanes) is 14. The number of hydrogen-bond donors (Lipinski definition) is 2. The van der Waals surface area contributed by atoms with E-state index in [1.54, 1.807) is 0 Å². The molecule has 0 unspecified atom stereocenters. The third kappa shape index (κ3) is 16.1. The summed E-state index contributed by atoms with van der Waals surface area (Å²) in [6, 6.07) is 0. The van der Waals surface area contributed by atoms with Gasteiger partial charge in [0.25, 0.3) is 0 Å². The molecule has 0 aliphatic rings. The van der Waals surface area contributed by atoms with Crippen LogP contribution in [0.25, 0.3) is 0 Å². The molecule has 3 N–H and O–H groups in total. The number of hydrogen-bond acceptors (Lipinski definition) is 1. The van der Waals surface area contributed by atoms with Crippen LogP contribution in [0.5, 0.6) is 0 Å². The van der Waals surface area contributed by atoms with Crippen LogP contribution in [0.4, 0.5) is 0 Å².